The van der Waals surface area contributed by atoms with Gasteiger partial charge in [-0.1, -0.05) is 42.5 Å². The SMILES string of the molecule is Oc1cccc(-c2cncc(NCc3ccccc3)c2)c1. The molecule has 0 aliphatic carbocycles. The number of hydrogen-bond acceptors (Lipinski definition) is 3. The maximum atomic E-state index is 9.56. The summed E-state index contributed by atoms with van der Waals surface area (Å²) in [6.45, 7) is 0.756. The van der Waals surface area contributed by atoms with Gasteiger partial charge in [-0.05, 0) is 29.3 Å². The molecule has 2 N–H and O–H groups in total. The van der Waals surface area contributed by atoms with E-state index in [1.165, 1.54) is 5.56 Å². The van der Waals surface area contributed by atoms with E-state index in [1.807, 2.05) is 36.4 Å². The average Bonchev–Trinajstić information content (AvgIpc) is 2.54. The van der Waals surface area contributed by atoms with Crippen LogP contribution in [-0.4, -0.2) is 10.1 Å². The molecule has 0 fully saturated rings. The van der Waals surface area contributed by atoms with Crippen LogP contribution in [0.2, 0.25) is 0 Å². The first-order valence-corrected chi connectivity index (χ1v) is 6.83. The summed E-state index contributed by atoms with van der Waals surface area (Å²) in [6, 6.07) is 19.4. The minimum atomic E-state index is 0.259. The van der Waals surface area contributed by atoms with Gasteiger partial charge in [0.15, 0.2) is 0 Å². The maximum Gasteiger partial charge on any atom is 0.116 e. The highest BCUT2D eigenvalue weighted by Crippen LogP contribution is 2.24. The number of aromatic hydroxyl groups is 1. The van der Waals surface area contributed by atoms with Crippen molar-refractivity contribution in [2.24, 2.45) is 0 Å². The molecule has 2 aromatic carbocycles. The molecule has 1 heterocycles. The van der Waals surface area contributed by atoms with Crippen LogP contribution in [-0.2, 0) is 6.54 Å². The lowest BCUT2D eigenvalue weighted by molar-refractivity contribution is 0.475. The summed E-state index contributed by atoms with van der Waals surface area (Å²) < 4.78 is 0. The zero-order valence-corrected chi connectivity index (χ0v) is 11.5. The van der Waals surface area contributed by atoms with Gasteiger partial charge in [0, 0.05) is 24.5 Å². The molecule has 0 aliphatic heterocycles. The van der Waals surface area contributed by atoms with Gasteiger partial charge in [0.05, 0.1) is 5.69 Å². The van der Waals surface area contributed by atoms with Crippen molar-refractivity contribution < 1.29 is 5.11 Å². The molecule has 0 saturated heterocycles. The van der Waals surface area contributed by atoms with Gasteiger partial charge in [0.1, 0.15) is 5.75 Å². The van der Waals surface area contributed by atoms with E-state index in [4.69, 9.17) is 0 Å². The Morgan fingerprint density at radius 3 is 2.52 bits per heavy atom. The molecule has 0 aliphatic rings. The monoisotopic (exact) mass is 276 g/mol. The number of aromatic nitrogens is 1. The van der Waals surface area contributed by atoms with Gasteiger partial charge in [-0.2, -0.15) is 0 Å². The minimum absolute atomic E-state index is 0.259. The largest absolute Gasteiger partial charge is 0.508 e. The highest BCUT2D eigenvalue weighted by molar-refractivity contribution is 5.67. The summed E-state index contributed by atoms with van der Waals surface area (Å²) in [5.74, 6) is 0.259. The Hall–Kier alpha value is -2.81. The van der Waals surface area contributed by atoms with Gasteiger partial charge in [-0.3, -0.25) is 4.98 Å². The second-order valence-corrected chi connectivity index (χ2v) is 4.85. The van der Waals surface area contributed by atoms with Gasteiger partial charge >= 0.3 is 0 Å². The van der Waals surface area contributed by atoms with Crippen molar-refractivity contribution in [2.45, 2.75) is 6.54 Å². The highest BCUT2D eigenvalue weighted by atomic mass is 16.3. The number of pyridine rings is 1. The molecule has 0 saturated carbocycles. The summed E-state index contributed by atoms with van der Waals surface area (Å²) in [5, 5.41) is 12.9. The Bertz CT molecular complexity index is 726. The van der Waals surface area contributed by atoms with Gasteiger partial charge in [0.25, 0.3) is 0 Å². The van der Waals surface area contributed by atoms with Crippen LogP contribution in [0.4, 0.5) is 5.69 Å². The third-order valence-electron chi connectivity index (χ3n) is 3.26. The van der Waals surface area contributed by atoms with Crippen molar-refractivity contribution in [1.29, 1.82) is 0 Å². The Labute approximate surface area is 123 Å². The van der Waals surface area contributed by atoms with Crippen LogP contribution in [0.15, 0.2) is 73.1 Å². The fourth-order valence-electron chi connectivity index (χ4n) is 2.18. The molecule has 0 radical (unpaired) electrons. The van der Waals surface area contributed by atoms with Gasteiger partial charge < -0.3 is 10.4 Å². The van der Waals surface area contributed by atoms with Crippen molar-refractivity contribution in [2.75, 3.05) is 5.32 Å². The summed E-state index contributed by atoms with van der Waals surface area (Å²) in [4.78, 5) is 4.26. The van der Waals surface area contributed by atoms with Crippen molar-refractivity contribution >= 4 is 5.69 Å². The van der Waals surface area contributed by atoms with Crippen LogP contribution < -0.4 is 5.32 Å². The number of nitrogens with one attached hydrogen (secondary N) is 1. The second-order valence-electron chi connectivity index (χ2n) is 4.85. The fraction of sp³-hybridized carbons (Fsp3) is 0.0556. The number of anilines is 1. The first-order chi connectivity index (χ1) is 10.3. The average molecular weight is 276 g/mol. The predicted octanol–water partition coefficient (Wildman–Crippen LogP) is 4.07. The molecule has 3 rings (SSSR count). The zero-order valence-electron chi connectivity index (χ0n) is 11.5. The minimum Gasteiger partial charge on any atom is -0.508 e. The van der Waals surface area contributed by atoms with Crippen molar-refractivity contribution in [3.8, 4) is 16.9 Å². The van der Waals surface area contributed by atoms with Crippen LogP contribution in [0.1, 0.15) is 5.56 Å². The van der Waals surface area contributed by atoms with E-state index >= 15 is 0 Å². The van der Waals surface area contributed by atoms with E-state index in [0.29, 0.717) is 0 Å². The Morgan fingerprint density at radius 1 is 0.857 bits per heavy atom. The Balaban J connectivity index is 1.77. The van der Waals surface area contributed by atoms with Crippen LogP contribution >= 0.6 is 0 Å². The second kappa shape index (κ2) is 6.09. The lowest BCUT2D eigenvalue weighted by Crippen LogP contribution is -1.99. The predicted molar refractivity (Wildman–Crippen MR) is 85.1 cm³/mol. The van der Waals surface area contributed by atoms with Crippen LogP contribution in [0.3, 0.4) is 0 Å². The third-order valence-corrected chi connectivity index (χ3v) is 3.26. The molecular weight excluding hydrogens is 260 g/mol. The molecule has 3 aromatic rings. The van der Waals surface area contributed by atoms with Crippen LogP contribution in [0.5, 0.6) is 5.75 Å². The van der Waals surface area contributed by atoms with Gasteiger partial charge in [-0.25, -0.2) is 0 Å². The number of phenolic OH excluding ortho intramolecular Hbond substituents is 1. The lowest BCUT2D eigenvalue weighted by atomic mass is 10.1. The summed E-state index contributed by atoms with van der Waals surface area (Å²) >= 11 is 0. The molecule has 21 heavy (non-hydrogen) atoms. The zero-order chi connectivity index (χ0) is 14.5. The topological polar surface area (TPSA) is 45.2 Å². The van der Waals surface area contributed by atoms with E-state index in [2.05, 4.69) is 22.4 Å². The Morgan fingerprint density at radius 2 is 1.71 bits per heavy atom. The summed E-state index contributed by atoms with van der Waals surface area (Å²) in [5.41, 5.74) is 4.11. The van der Waals surface area contributed by atoms with E-state index < -0.39 is 0 Å². The van der Waals surface area contributed by atoms with E-state index in [1.54, 1.807) is 24.5 Å². The smallest absolute Gasteiger partial charge is 0.116 e. The number of phenols is 1. The summed E-state index contributed by atoms with van der Waals surface area (Å²) in [6.07, 6.45) is 3.59. The summed E-state index contributed by atoms with van der Waals surface area (Å²) in [7, 11) is 0. The quantitative estimate of drug-likeness (QED) is 0.755. The maximum absolute atomic E-state index is 9.56. The van der Waals surface area contributed by atoms with Crippen molar-refractivity contribution in [1.82, 2.24) is 4.98 Å². The van der Waals surface area contributed by atoms with Crippen molar-refractivity contribution in [3.63, 3.8) is 0 Å². The standard InChI is InChI=1S/C18H16N2O/c21-18-8-4-7-15(10-18)16-9-17(13-19-12-16)20-11-14-5-2-1-3-6-14/h1-10,12-13,20-21H,11H2. The fourth-order valence-corrected chi connectivity index (χ4v) is 2.18. The molecule has 1 aromatic heterocycles. The molecule has 3 heteroatoms. The molecule has 104 valence electrons. The van der Waals surface area contributed by atoms with E-state index in [0.717, 1.165) is 23.4 Å². The molecule has 0 spiro atoms. The number of nitrogens with zero attached hydrogens (tertiary/aromatic N) is 1. The molecule has 0 unspecified atom stereocenters. The molecule has 3 nitrogen and oxygen atoms in total. The first-order valence-electron chi connectivity index (χ1n) is 6.83. The van der Waals surface area contributed by atoms with Gasteiger partial charge in [-0.15, -0.1) is 0 Å². The van der Waals surface area contributed by atoms with Crippen molar-refractivity contribution in [3.05, 3.63) is 78.6 Å². The molecule has 0 amide bonds. The lowest BCUT2D eigenvalue weighted by Gasteiger charge is -2.08. The molecular formula is C18H16N2O. The number of rotatable bonds is 4. The number of hydrogen-bond donors (Lipinski definition) is 2. The third kappa shape index (κ3) is 3.39. The van der Waals surface area contributed by atoms with Gasteiger partial charge in [0.2, 0.25) is 0 Å². The highest BCUT2D eigenvalue weighted by Gasteiger charge is 2.01. The first kappa shape index (κ1) is 13.2. The van der Waals surface area contributed by atoms with Crippen LogP contribution in [0, 0.1) is 0 Å². The van der Waals surface area contributed by atoms with E-state index in [-0.39, 0.29) is 5.75 Å². The normalized spacial score (nSPS) is 10.3. The Kier molecular flexibility index (Phi) is 3.83. The molecule has 0 bridgehead atoms. The van der Waals surface area contributed by atoms with E-state index in [9.17, 15) is 5.11 Å². The molecule has 0 atom stereocenters. The van der Waals surface area contributed by atoms with Crippen LogP contribution in [0.25, 0.3) is 11.1 Å². The number of benzene rings is 2.